The Balaban J connectivity index is 1.57. The van der Waals surface area contributed by atoms with Gasteiger partial charge in [0.05, 0.1) is 12.4 Å². The minimum atomic E-state index is 0.0179. The number of hydrogen-bond acceptors (Lipinski definition) is 6. The van der Waals surface area contributed by atoms with Crippen LogP contribution in [0.25, 0.3) is 11.4 Å². The fraction of sp³-hybridized carbons (Fsp3) is 0.526. The maximum Gasteiger partial charge on any atom is 0.230 e. The molecule has 27 heavy (non-hydrogen) atoms. The molecule has 0 spiro atoms. The van der Waals surface area contributed by atoms with Crippen LogP contribution in [0.1, 0.15) is 39.5 Å². The molecule has 1 heterocycles. The lowest BCUT2D eigenvalue weighted by Crippen LogP contribution is -2.41. The van der Waals surface area contributed by atoms with Crippen molar-refractivity contribution in [3.63, 3.8) is 0 Å². The highest BCUT2D eigenvalue weighted by Crippen LogP contribution is 2.25. The summed E-state index contributed by atoms with van der Waals surface area (Å²) in [6, 6.07) is 7.81. The van der Waals surface area contributed by atoms with Crippen LogP contribution < -0.4 is 15.9 Å². The number of nitrogens with two attached hydrogens (primary N) is 1. The van der Waals surface area contributed by atoms with Crippen molar-refractivity contribution in [2.45, 2.75) is 50.7 Å². The van der Waals surface area contributed by atoms with Crippen LogP contribution in [-0.2, 0) is 4.79 Å². The monoisotopic (exact) mass is 389 g/mol. The summed E-state index contributed by atoms with van der Waals surface area (Å²) in [4.78, 5) is 12.3. The molecule has 7 nitrogen and oxygen atoms in total. The average Bonchev–Trinajstić information content (AvgIpc) is 3.03. The third-order valence-corrected chi connectivity index (χ3v) is 5.82. The molecule has 0 bridgehead atoms. The van der Waals surface area contributed by atoms with Crippen molar-refractivity contribution >= 4 is 17.7 Å². The number of nitrogen functional groups attached to an aromatic ring is 1. The van der Waals surface area contributed by atoms with E-state index in [2.05, 4.69) is 22.4 Å². The van der Waals surface area contributed by atoms with E-state index in [1.807, 2.05) is 31.2 Å². The van der Waals surface area contributed by atoms with Crippen LogP contribution in [0, 0.1) is 5.92 Å². The van der Waals surface area contributed by atoms with Crippen LogP contribution >= 0.6 is 11.8 Å². The van der Waals surface area contributed by atoms with Gasteiger partial charge < -0.3 is 15.9 Å². The Hall–Kier alpha value is -2.22. The van der Waals surface area contributed by atoms with E-state index in [1.54, 1.807) is 0 Å². The molecule has 8 heteroatoms. The molecule has 146 valence electrons. The summed E-state index contributed by atoms with van der Waals surface area (Å²) in [6.45, 7) is 4.77. The highest BCUT2D eigenvalue weighted by atomic mass is 32.2. The second-order valence-electron chi connectivity index (χ2n) is 6.86. The SMILES string of the molecule is CCOc1ccc(-c2nnc(SCC(=O)NC3CCCCC3C)n2N)cc1. The van der Waals surface area contributed by atoms with Gasteiger partial charge in [0.15, 0.2) is 5.82 Å². The summed E-state index contributed by atoms with van der Waals surface area (Å²) in [5, 5.41) is 11.9. The summed E-state index contributed by atoms with van der Waals surface area (Å²) in [5.41, 5.74) is 0.848. The zero-order chi connectivity index (χ0) is 19.2. The van der Waals surface area contributed by atoms with Crippen LogP contribution in [0.2, 0.25) is 0 Å². The molecule has 1 amide bonds. The molecular formula is C19H27N5O2S. The van der Waals surface area contributed by atoms with E-state index < -0.39 is 0 Å². The maximum atomic E-state index is 12.3. The number of benzene rings is 1. The first-order valence-corrected chi connectivity index (χ1v) is 10.4. The van der Waals surface area contributed by atoms with Crippen molar-refractivity contribution < 1.29 is 9.53 Å². The Morgan fingerprint density at radius 2 is 2.04 bits per heavy atom. The van der Waals surface area contributed by atoms with E-state index in [9.17, 15) is 4.79 Å². The van der Waals surface area contributed by atoms with Gasteiger partial charge >= 0.3 is 0 Å². The number of amides is 1. The molecule has 3 rings (SSSR count). The lowest BCUT2D eigenvalue weighted by atomic mass is 9.86. The van der Waals surface area contributed by atoms with E-state index in [1.165, 1.54) is 35.7 Å². The van der Waals surface area contributed by atoms with Crippen molar-refractivity contribution in [1.82, 2.24) is 20.2 Å². The van der Waals surface area contributed by atoms with Crippen molar-refractivity contribution in [3.8, 4) is 17.1 Å². The van der Waals surface area contributed by atoms with Gasteiger partial charge in [0, 0.05) is 11.6 Å². The van der Waals surface area contributed by atoms with Gasteiger partial charge in [-0.1, -0.05) is 31.5 Å². The van der Waals surface area contributed by atoms with Gasteiger partial charge in [0.2, 0.25) is 11.1 Å². The van der Waals surface area contributed by atoms with Gasteiger partial charge in [-0.3, -0.25) is 4.79 Å². The largest absolute Gasteiger partial charge is 0.494 e. The van der Waals surface area contributed by atoms with Crippen LogP contribution in [-0.4, -0.2) is 39.2 Å². The zero-order valence-electron chi connectivity index (χ0n) is 15.9. The minimum absolute atomic E-state index is 0.0179. The number of aromatic nitrogens is 3. The smallest absolute Gasteiger partial charge is 0.230 e. The Kier molecular flexibility index (Phi) is 6.60. The minimum Gasteiger partial charge on any atom is -0.494 e. The quantitative estimate of drug-likeness (QED) is 0.558. The second kappa shape index (κ2) is 9.12. The predicted octanol–water partition coefficient (Wildman–Crippen LogP) is 2.84. The highest BCUT2D eigenvalue weighted by molar-refractivity contribution is 7.99. The van der Waals surface area contributed by atoms with Crippen LogP contribution in [0.4, 0.5) is 0 Å². The summed E-state index contributed by atoms with van der Waals surface area (Å²) in [6.07, 6.45) is 4.69. The lowest BCUT2D eigenvalue weighted by molar-refractivity contribution is -0.119. The molecule has 2 unspecified atom stereocenters. The van der Waals surface area contributed by atoms with Gasteiger partial charge in [-0.05, 0) is 49.9 Å². The molecule has 2 aromatic rings. The van der Waals surface area contributed by atoms with Crippen molar-refractivity contribution in [3.05, 3.63) is 24.3 Å². The standard InChI is InChI=1S/C19H27N5O2S/c1-3-26-15-10-8-14(9-11-15)18-22-23-19(24(18)20)27-12-17(25)21-16-7-5-4-6-13(16)2/h8-11,13,16H,3-7,12,20H2,1-2H3,(H,21,25). The normalized spacial score (nSPS) is 19.6. The van der Waals surface area contributed by atoms with Crippen molar-refractivity contribution in [2.75, 3.05) is 18.2 Å². The van der Waals surface area contributed by atoms with E-state index in [4.69, 9.17) is 10.6 Å². The van der Waals surface area contributed by atoms with Crippen LogP contribution in [0.3, 0.4) is 0 Å². The van der Waals surface area contributed by atoms with Gasteiger partial charge in [-0.25, -0.2) is 4.68 Å². The predicted molar refractivity (Wildman–Crippen MR) is 107 cm³/mol. The van der Waals surface area contributed by atoms with Gasteiger partial charge in [0.25, 0.3) is 0 Å². The van der Waals surface area contributed by atoms with E-state index in [-0.39, 0.29) is 17.7 Å². The first kappa shape index (κ1) is 19.5. The third kappa shape index (κ3) is 4.94. The van der Waals surface area contributed by atoms with Gasteiger partial charge in [-0.2, -0.15) is 0 Å². The van der Waals surface area contributed by atoms with E-state index in [0.29, 0.717) is 23.5 Å². The van der Waals surface area contributed by atoms with Crippen molar-refractivity contribution in [1.29, 1.82) is 0 Å². The van der Waals surface area contributed by atoms with Crippen LogP contribution in [0.15, 0.2) is 29.4 Å². The molecule has 1 aliphatic carbocycles. The molecule has 0 aliphatic heterocycles. The molecule has 1 aliphatic rings. The maximum absolute atomic E-state index is 12.3. The Morgan fingerprint density at radius 3 is 2.74 bits per heavy atom. The van der Waals surface area contributed by atoms with Crippen LogP contribution in [0.5, 0.6) is 5.75 Å². The number of ether oxygens (including phenoxy) is 1. The topological polar surface area (TPSA) is 95.1 Å². The molecule has 1 fully saturated rings. The fourth-order valence-corrected chi connectivity index (χ4v) is 4.02. The van der Waals surface area contributed by atoms with Crippen molar-refractivity contribution in [2.24, 2.45) is 5.92 Å². The number of rotatable bonds is 7. The Labute approximate surface area is 164 Å². The number of nitrogens with one attached hydrogen (secondary N) is 1. The molecule has 0 radical (unpaired) electrons. The average molecular weight is 390 g/mol. The molecule has 1 aromatic heterocycles. The van der Waals surface area contributed by atoms with E-state index >= 15 is 0 Å². The summed E-state index contributed by atoms with van der Waals surface area (Å²) in [5.74, 6) is 8.32. The summed E-state index contributed by atoms with van der Waals surface area (Å²) >= 11 is 1.30. The molecular weight excluding hydrogens is 362 g/mol. The molecule has 0 saturated heterocycles. The van der Waals surface area contributed by atoms with Gasteiger partial charge in [-0.15, -0.1) is 10.2 Å². The number of carbonyl (C=O) groups is 1. The summed E-state index contributed by atoms with van der Waals surface area (Å²) < 4.78 is 6.87. The molecule has 3 N–H and O–H groups in total. The molecule has 1 saturated carbocycles. The lowest BCUT2D eigenvalue weighted by Gasteiger charge is -2.29. The zero-order valence-corrected chi connectivity index (χ0v) is 16.7. The van der Waals surface area contributed by atoms with E-state index in [0.717, 1.165) is 17.7 Å². The molecule has 2 atom stereocenters. The first-order valence-electron chi connectivity index (χ1n) is 9.44. The fourth-order valence-electron chi connectivity index (χ4n) is 3.35. The number of thioether (sulfide) groups is 1. The third-order valence-electron chi connectivity index (χ3n) is 4.88. The second-order valence-corrected chi connectivity index (χ2v) is 7.80. The number of hydrogen-bond donors (Lipinski definition) is 2. The molecule has 1 aromatic carbocycles. The highest BCUT2D eigenvalue weighted by Gasteiger charge is 2.23. The summed E-state index contributed by atoms with van der Waals surface area (Å²) in [7, 11) is 0. The number of carbonyl (C=O) groups excluding carboxylic acids is 1. The Morgan fingerprint density at radius 1 is 1.30 bits per heavy atom. The first-order chi connectivity index (χ1) is 13.1. The number of nitrogens with zero attached hydrogens (tertiary/aromatic N) is 3. The Bertz CT molecular complexity index is 762. The van der Waals surface area contributed by atoms with Gasteiger partial charge in [0.1, 0.15) is 5.75 Å².